The van der Waals surface area contributed by atoms with E-state index in [9.17, 15) is 14.4 Å². The number of carbonyl (C=O) groups excluding carboxylic acids is 2. The Balaban J connectivity index is 1.61. The minimum absolute atomic E-state index is 0.0743. The van der Waals surface area contributed by atoms with Crippen LogP contribution in [0.3, 0.4) is 0 Å². The Morgan fingerprint density at radius 2 is 2.18 bits per heavy atom. The van der Waals surface area contributed by atoms with Crippen molar-refractivity contribution < 1.29 is 14.3 Å². The van der Waals surface area contributed by atoms with Crippen molar-refractivity contribution in [2.75, 3.05) is 18.5 Å². The third-order valence-corrected chi connectivity index (χ3v) is 5.25. The van der Waals surface area contributed by atoms with E-state index in [4.69, 9.17) is 4.74 Å². The molecule has 4 rings (SSSR count). The van der Waals surface area contributed by atoms with E-state index < -0.39 is 0 Å². The first-order valence-corrected chi connectivity index (χ1v) is 9.75. The maximum Gasteiger partial charge on any atom is 0.268 e. The van der Waals surface area contributed by atoms with Crippen LogP contribution in [0.5, 0.6) is 5.75 Å². The Morgan fingerprint density at radius 3 is 3.00 bits per heavy atom. The average Bonchev–Trinajstić information content (AvgIpc) is 3.16. The lowest BCUT2D eigenvalue weighted by atomic mass is 10.1. The second-order valence-corrected chi connectivity index (χ2v) is 7.34. The monoisotopic (exact) mass is 398 g/mol. The van der Waals surface area contributed by atoms with Gasteiger partial charge in [-0.2, -0.15) is 0 Å². The van der Waals surface area contributed by atoms with E-state index in [1.165, 1.54) is 11.3 Å². The van der Waals surface area contributed by atoms with Gasteiger partial charge in [0.2, 0.25) is 0 Å². The Bertz CT molecular complexity index is 1120. The summed E-state index contributed by atoms with van der Waals surface area (Å²) in [6.07, 6.45) is 0.758. The third kappa shape index (κ3) is 3.48. The van der Waals surface area contributed by atoms with Gasteiger partial charge in [0, 0.05) is 12.1 Å². The Kier molecular flexibility index (Phi) is 4.82. The van der Waals surface area contributed by atoms with Crippen LogP contribution < -0.4 is 15.6 Å². The minimum atomic E-state index is -0.224. The SMILES string of the molecule is CCCN(Cc1nc2ccsc2c(=O)[nH]1)C(=O)c1ccc2c(c1)OCC(=O)N2. The predicted molar refractivity (Wildman–Crippen MR) is 106 cm³/mol. The predicted octanol–water partition coefficient (Wildman–Crippen LogP) is 2.37. The van der Waals surface area contributed by atoms with Crippen molar-refractivity contribution in [1.82, 2.24) is 14.9 Å². The topological polar surface area (TPSA) is 104 Å². The fourth-order valence-electron chi connectivity index (χ4n) is 3.09. The van der Waals surface area contributed by atoms with Crippen molar-refractivity contribution in [3.8, 4) is 5.75 Å². The molecule has 1 aliphatic rings. The van der Waals surface area contributed by atoms with Gasteiger partial charge in [0.25, 0.3) is 17.4 Å². The van der Waals surface area contributed by atoms with Crippen molar-refractivity contribution in [3.05, 3.63) is 51.4 Å². The third-order valence-electron chi connectivity index (χ3n) is 4.35. The number of ether oxygens (including phenoxy) is 1. The highest BCUT2D eigenvalue weighted by Gasteiger charge is 2.21. The number of rotatable bonds is 5. The molecule has 1 aliphatic heterocycles. The van der Waals surface area contributed by atoms with Gasteiger partial charge in [-0.1, -0.05) is 6.92 Å². The van der Waals surface area contributed by atoms with E-state index in [1.54, 1.807) is 29.2 Å². The molecule has 1 aromatic carbocycles. The summed E-state index contributed by atoms with van der Waals surface area (Å²) in [6.45, 7) is 2.61. The number of fused-ring (bicyclic) bond motifs is 2. The highest BCUT2D eigenvalue weighted by molar-refractivity contribution is 7.17. The normalized spacial score (nSPS) is 13.0. The van der Waals surface area contributed by atoms with Crippen LogP contribution in [-0.2, 0) is 11.3 Å². The lowest BCUT2D eigenvalue weighted by Gasteiger charge is -2.23. The molecule has 0 saturated heterocycles. The van der Waals surface area contributed by atoms with Crippen LogP contribution in [0, 0.1) is 0 Å². The van der Waals surface area contributed by atoms with Gasteiger partial charge in [-0.25, -0.2) is 4.98 Å². The van der Waals surface area contributed by atoms with E-state index >= 15 is 0 Å². The van der Waals surface area contributed by atoms with Gasteiger partial charge in [0.05, 0.1) is 17.7 Å². The van der Waals surface area contributed by atoms with Crippen molar-refractivity contribution in [1.29, 1.82) is 0 Å². The largest absolute Gasteiger partial charge is 0.482 e. The summed E-state index contributed by atoms with van der Waals surface area (Å²) in [5.74, 6) is 0.489. The molecule has 144 valence electrons. The Hall–Kier alpha value is -3.20. The molecule has 0 bridgehead atoms. The zero-order valence-corrected chi connectivity index (χ0v) is 16.0. The lowest BCUT2D eigenvalue weighted by molar-refractivity contribution is -0.118. The van der Waals surface area contributed by atoms with Crippen molar-refractivity contribution in [2.24, 2.45) is 0 Å². The second-order valence-electron chi connectivity index (χ2n) is 6.42. The molecule has 2 amide bonds. The molecule has 0 fully saturated rings. The number of nitrogens with one attached hydrogen (secondary N) is 2. The summed E-state index contributed by atoms with van der Waals surface area (Å²) in [5.41, 5.74) is 1.42. The van der Waals surface area contributed by atoms with Crippen LogP contribution in [0.2, 0.25) is 0 Å². The van der Waals surface area contributed by atoms with Gasteiger partial charge in [0.15, 0.2) is 6.61 Å². The molecule has 9 heteroatoms. The van der Waals surface area contributed by atoms with E-state index in [-0.39, 0.29) is 30.5 Å². The number of carbonyl (C=O) groups is 2. The minimum Gasteiger partial charge on any atom is -0.482 e. The number of hydrogen-bond acceptors (Lipinski definition) is 6. The molecule has 0 spiro atoms. The first-order chi connectivity index (χ1) is 13.5. The van der Waals surface area contributed by atoms with Crippen molar-refractivity contribution in [2.45, 2.75) is 19.9 Å². The summed E-state index contributed by atoms with van der Waals surface area (Å²) < 4.78 is 5.97. The van der Waals surface area contributed by atoms with Gasteiger partial charge in [-0.15, -0.1) is 11.3 Å². The van der Waals surface area contributed by atoms with Crippen LogP contribution in [0.25, 0.3) is 10.2 Å². The van der Waals surface area contributed by atoms with Gasteiger partial charge in [-0.05, 0) is 36.1 Å². The molecule has 3 aromatic rings. The number of anilines is 1. The van der Waals surface area contributed by atoms with Gasteiger partial charge in [-0.3, -0.25) is 14.4 Å². The number of aromatic amines is 1. The molecule has 0 atom stereocenters. The maximum atomic E-state index is 13.1. The molecule has 0 saturated carbocycles. The molecule has 0 aliphatic carbocycles. The summed E-state index contributed by atoms with van der Waals surface area (Å²) in [5, 5.41) is 4.52. The number of amides is 2. The Labute approximate surface area is 164 Å². The molecular weight excluding hydrogens is 380 g/mol. The summed E-state index contributed by atoms with van der Waals surface area (Å²) >= 11 is 1.34. The van der Waals surface area contributed by atoms with Crippen molar-refractivity contribution in [3.63, 3.8) is 0 Å². The van der Waals surface area contributed by atoms with Crippen LogP contribution in [0.4, 0.5) is 5.69 Å². The van der Waals surface area contributed by atoms with E-state index in [2.05, 4.69) is 15.3 Å². The first kappa shape index (κ1) is 18.2. The molecule has 8 nitrogen and oxygen atoms in total. The van der Waals surface area contributed by atoms with E-state index in [1.807, 2.05) is 12.3 Å². The van der Waals surface area contributed by atoms with Crippen LogP contribution >= 0.6 is 11.3 Å². The number of thiophene rings is 1. The smallest absolute Gasteiger partial charge is 0.268 e. The highest BCUT2D eigenvalue weighted by Crippen LogP contribution is 2.29. The molecule has 28 heavy (non-hydrogen) atoms. The van der Waals surface area contributed by atoms with Crippen molar-refractivity contribution >= 4 is 39.1 Å². The first-order valence-electron chi connectivity index (χ1n) is 8.87. The number of H-pyrrole nitrogens is 1. The molecule has 2 N–H and O–H groups in total. The Morgan fingerprint density at radius 1 is 1.32 bits per heavy atom. The molecular formula is C19H18N4O4S. The zero-order chi connectivity index (χ0) is 19.7. The van der Waals surface area contributed by atoms with E-state index in [0.717, 1.165) is 6.42 Å². The lowest BCUT2D eigenvalue weighted by Crippen LogP contribution is -2.33. The quantitative estimate of drug-likeness (QED) is 0.687. The second kappa shape index (κ2) is 7.43. The van der Waals surface area contributed by atoms with Gasteiger partial charge in [0.1, 0.15) is 16.3 Å². The fraction of sp³-hybridized carbons (Fsp3) is 0.263. The van der Waals surface area contributed by atoms with Crippen LogP contribution in [-0.4, -0.2) is 39.8 Å². The summed E-state index contributed by atoms with van der Waals surface area (Å²) in [7, 11) is 0. The van der Waals surface area contributed by atoms with Gasteiger partial charge >= 0.3 is 0 Å². The summed E-state index contributed by atoms with van der Waals surface area (Å²) in [6, 6.07) is 6.72. The maximum absolute atomic E-state index is 13.1. The summed E-state index contributed by atoms with van der Waals surface area (Å²) in [4.78, 5) is 45.5. The molecule has 3 heterocycles. The van der Waals surface area contributed by atoms with Gasteiger partial charge < -0.3 is 19.9 Å². The number of benzene rings is 1. The van der Waals surface area contributed by atoms with E-state index in [0.29, 0.717) is 39.6 Å². The van der Waals surface area contributed by atoms with Crippen LogP contribution in [0.1, 0.15) is 29.5 Å². The molecule has 0 radical (unpaired) electrons. The average molecular weight is 398 g/mol. The zero-order valence-electron chi connectivity index (χ0n) is 15.2. The highest BCUT2D eigenvalue weighted by atomic mass is 32.1. The fourth-order valence-corrected chi connectivity index (χ4v) is 3.82. The number of nitrogens with zero attached hydrogens (tertiary/aromatic N) is 2. The van der Waals surface area contributed by atoms with Crippen LogP contribution in [0.15, 0.2) is 34.4 Å². The molecule has 2 aromatic heterocycles. The number of hydrogen-bond donors (Lipinski definition) is 2. The molecule has 0 unspecified atom stereocenters. The standard InChI is InChI=1S/C19H18N4O4S/c1-2-6-23(9-15-20-13-5-7-28-17(13)18(25)22-15)19(26)11-3-4-12-14(8-11)27-10-16(24)21-12/h3-5,7-8H,2,6,9-10H2,1H3,(H,21,24)(H,20,22,25). The number of aromatic nitrogens is 2.